The van der Waals surface area contributed by atoms with E-state index in [1.807, 2.05) is 30.3 Å². The van der Waals surface area contributed by atoms with Crippen LogP contribution in [0.25, 0.3) is 0 Å². The predicted octanol–water partition coefficient (Wildman–Crippen LogP) is 4.51. The molecule has 0 heterocycles. The highest BCUT2D eigenvalue weighted by Gasteiger charge is 2.29. The van der Waals surface area contributed by atoms with Crippen molar-refractivity contribution in [1.29, 1.82) is 0 Å². The summed E-state index contributed by atoms with van der Waals surface area (Å²) in [7, 11) is 0. The van der Waals surface area contributed by atoms with Crippen LogP contribution in [0, 0.1) is 11.8 Å². The second kappa shape index (κ2) is 9.06. The molecule has 1 aromatic carbocycles. The van der Waals surface area contributed by atoms with Crippen molar-refractivity contribution >= 4 is 5.97 Å². The highest BCUT2D eigenvalue weighted by atomic mass is 19.4. The van der Waals surface area contributed by atoms with Gasteiger partial charge in [-0.15, -0.1) is 0 Å². The summed E-state index contributed by atoms with van der Waals surface area (Å²) in [5.74, 6) is 0.0584. The minimum Gasteiger partial charge on any atom is -0.461 e. The third-order valence-electron chi connectivity index (χ3n) is 4.34. The number of hydrogen-bond acceptors (Lipinski definition) is 3. The van der Waals surface area contributed by atoms with Gasteiger partial charge in [-0.3, -0.25) is 4.79 Å². The molecule has 134 valence electrons. The molecule has 0 atom stereocenters. The topological polar surface area (TPSA) is 35.5 Å². The van der Waals surface area contributed by atoms with Crippen molar-refractivity contribution < 1.29 is 27.4 Å². The Balaban J connectivity index is 1.60. The molecule has 1 fully saturated rings. The number of benzene rings is 1. The van der Waals surface area contributed by atoms with Gasteiger partial charge >= 0.3 is 12.1 Å². The van der Waals surface area contributed by atoms with Crippen molar-refractivity contribution in [3.63, 3.8) is 0 Å². The molecular weight excluding hydrogens is 321 g/mol. The molecule has 1 aromatic rings. The van der Waals surface area contributed by atoms with E-state index < -0.39 is 12.8 Å². The van der Waals surface area contributed by atoms with Gasteiger partial charge in [-0.05, 0) is 43.6 Å². The van der Waals surface area contributed by atoms with Crippen LogP contribution in [0.1, 0.15) is 37.7 Å². The first kappa shape index (κ1) is 18.8. The van der Waals surface area contributed by atoms with Crippen LogP contribution in [0.2, 0.25) is 0 Å². The molecule has 2 rings (SSSR count). The second-order valence-electron chi connectivity index (χ2n) is 6.27. The molecule has 0 aromatic heterocycles. The third kappa shape index (κ3) is 6.91. The van der Waals surface area contributed by atoms with Crippen LogP contribution in [-0.2, 0) is 20.9 Å². The smallest absolute Gasteiger partial charge is 0.411 e. The Morgan fingerprint density at radius 1 is 1.08 bits per heavy atom. The molecule has 1 aliphatic carbocycles. The van der Waals surface area contributed by atoms with Crippen molar-refractivity contribution in [2.24, 2.45) is 11.8 Å². The minimum absolute atomic E-state index is 0.0962. The standard InChI is InChI=1S/C18H23F3O3/c19-18(20,21)13-23-11-10-14-6-8-16(9-7-14)17(22)24-12-15-4-2-1-3-5-15/h1-5,14,16H,6-13H2. The van der Waals surface area contributed by atoms with Gasteiger partial charge in [-0.2, -0.15) is 13.2 Å². The summed E-state index contributed by atoms with van der Waals surface area (Å²) in [4.78, 5) is 12.1. The third-order valence-corrected chi connectivity index (χ3v) is 4.34. The lowest BCUT2D eigenvalue weighted by molar-refractivity contribution is -0.174. The SMILES string of the molecule is O=C(OCc1ccccc1)C1CCC(CCOCC(F)(F)F)CC1. The molecule has 1 aliphatic rings. The monoisotopic (exact) mass is 344 g/mol. The Hall–Kier alpha value is -1.56. The molecule has 0 spiro atoms. The molecule has 6 heteroatoms. The molecule has 0 saturated heterocycles. The van der Waals surface area contributed by atoms with E-state index in [0.29, 0.717) is 12.3 Å². The summed E-state index contributed by atoms with van der Waals surface area (Å²) in [6.07, 6.45) is -0.516. The Morgan fingerprint density at radius 3 is 2.38 bits per heavy atom. The van der Waals surface area contributed by atoms with Gasteiger partial charge in [0, 0.05) is 6.61 Å². The molecule has 0 unspecified atom stereocenters. The average Bonchev–Trinajstić information content (AvgIpc) is 2.57. The number of carbonyl (C=O) groups excluding carboxylic acids is 1. The molecule has 0 amide bonds. The number of carbonyl (C=O) groups is 1. The summed E-state index contributed by atoms with van der Waals surface area (Å²) in [6, 6.07) is 9.52. The highest BCUT2D eigenvalue weighted by Crippen LogP contribution is 2.31. The molecular formula is C18H23F3O3. The van der Waals surface area contributed by atoms with Gasteiger partial charge in [0.05, 0.1) is 5.92 Å². The zero-order valence-corrected chi connectivity index (χ0v) is 13.6. The number of hydrogen-bond donors (Lipinski definition) is 0. The molecule has 24 heavy (non-hydrogen) atoms. The zero-order chi connectivity index (χ0) is 17.4. The highest BCUT2D eigenvalue weighted by molar-refractivity contribution is 5.72. The number of halogens is 3. The quantitative estimate of drug-likeness (QED) is 0.539. The molecule has 0 bridgehead atoms. The van der Waals surface area contributed by atoms with E-state index in [0.717, 1.165) is 31.2 Å². The van der Waals surface area contributed by atoms with Gasteiger partial charge in [0.15, 0.2) is 0 Å². The Morgan fingerprint density at radius 2 is 1.75 bits per heavy atom. The first-order chi connectivity index (χ1) is 11.4. The largest absolute Gasteiger partial charge is 0.461 e. The maximum atomic E-state index is 12.1. The summed E-state index contributed by atoms with van der Waals surface area (Å²) in [6.45, 7) is -0.785. The molecule has 1 saturated carbocycles. The van der Waals surface area contributed by atoms with Crippen molar-refractivity contribution in [2.75, 3.05) is 13.2 Å². The summed E-state index contributed by atoms with van der Waals surface area (Å²) < 4.78 is 45.9. The van der Waals surface area contributed by atoms with E-state index in [1.165, 1.54) is 0 Å². The van der Waals surface area contributed by atoms with Gasteiger partial charge < -0.3 is 9.47 Å². The number of alkyl halides is 3. The fourth-order valence-corrected chi connectivity index (χ4v) is 2.97. The van der Waals surface area contributed by atoms with E-state index in [4.69, 9.17) is 4.74 Å². The van der Waals surface area contributed by atoms with Crippen LogP contribution >= 0.6 is 0 Å². The number of ether oxygens (including phenoxy) is 2. The van der Waals surface area contributed by atoms with E-state index in [9.17, 15) is 18.0 Å². The van der Waals surface area contributed by atoms with Gasteiger partial charge in [0.2, 0.25) is 0 Å². The fourth-order valence-electron chi connectivity index (χ4n) is 2.97. The fraction of sp³-hybridized carbons (Fsp3) is 0.611. The number of rotatable bonds is 7. The van der Waals surface area contributed by atoms with Gasteiger partial charge in [-0.1, -0.05) is 30.3 Å². The summed E-state index contributed by atoms with van der Waals surface area (Å²) >= 11 is 0. The van der Waals surface area contributed by atoms with Crippen LogP contribution in [0.3, 0.4) is 0 Å². The Bertz CT molecular complexity index is 494. The first-order valence-electron chi connectivity index (χ1n) is 8.29. The van der Waals surface area contributed by atoms with Gasteiger partial charge in [0.25, 0.3) is 0 Å². The van der Waals surface area contributed by atoms with E-state index in [-0.39, 0.29) is 25.1 Å². The Kier molecular flexibility index (Phi) is 7.09. The van der Waals surface area contributed by atoms with Gasteiger partial charge in [0.1, 0.15) is 13.2 Å². The average molecular weight is 344 g/mol. The first-order valence-corrected chi connectivity index (χ1v) is 8.29. The lowest BCUT2D eigenvalue weighted by Gasteiger charge is -2.27. The summed E-state index contributed by atoms with van der Waals surface area (Å²) in [5, 5.41) is 0. The lowest BCUT2D eigenvalue weighted by Crippen LogP contribution is -2.24. The van der Waals surface area contributed by atoms with Crippen molar-refractivity contribution in [3.8, 4) is 0 Å². The van der Waals surface area contributed by atoms with Crippen molar-refractivity contribution in [2.45, 2.75) is 44.9 Å². The maximum Gasteiger partial charge on any atom is 0.411 e. The van der Waals surface area contributed by atoms with E-state index in [1.54, 1.807) is 0 Å². The molecule has 0 radical (unpaired) electrons. The van der Waals surface area contributed by atoms with Crippen LogP contribution < -0.4 is 0 Å². The van der Waals surface area contributed by atoms with E-state index in [2.05, 4.69) is 4.74 Å². The van der Waals surface area contributed by atoms with Crippen molar-refractivity contribution in [3.05, 3.63) is 35.9 Å². The number of esters is 1. The van der Waals surface area contributed by atoms with E-state index >= 15 is 0 Å². The molecule has 0 aliphatic heterocycles. The Labute approximate surface area is 140 Å². The normalized spacial score (nSPS) is 21.5. The van der Waals surface area contributed by atoms with Crippen molar-refractivity contribution in [1.82, 2.24) is 0 Å². The zero-order valence-electron chi connectivity index (χ0n) is 13.6. The second-order valence-corrected chi connectivity index (χ2v) is 6.27. The molecule has 3 nitrogen and oxygen atoms in total. The summed E-state index contributed by atoms with van der Waals surface area (Å²) in [5.41, 5.74) is 0.960. The van der Waals surface area contributed by atoms with Crippen LogP contribution in [0.15, 0.2) is 30.3 Å². The van der Waals surface area contributed by atoms with Crippen LogP contribution in [0.4, 0.5) is 13.2 Å². The van der Waals surface area contributed by atoms with Crippen LogP contribution in [0.5, 0.6) is 0 Å². The minimum atomic E-state index is -4.26. The predicted molar refractivity (Wildman–Crippen MR) is 83.2 cm³/mol. The molecule has 0 N–H and O–H groups in total. The lowest BCUT2D eigenvalue weighted by atomic mass is 9.81. The van der Waals surface area contributed by atoms with Crippen LogP contribution in [-0.4, -0.2) is 25.4 Å². The maximum absolute atomic E-state index is 12.1. The van der Waals surface area contributed by atoms with Gasteiger partial charge in [-0.25, -0.2) is 0 Å².